The number of aryl methyl sites for hydroxylation is 1. The van der Waals surface area contributed by atoms with Crippen LogP contribution in [0.2, 0.25) is 0 Å². The molecule has 0 atom stereocenters. The van der Waals surface area contributed by atoms with E-state index in [1.807, 2.05) is 19.1 Å². The van der Waals surface area contributed by atoms with Crippen molar-refractivity contribution in [3.63, 3.8) is 0 Å². The molecule has 33 heavy (non-hydrogen) atoms. The summed E-state index contributed by atoms with van der Waals surface area (Å²) in [7, 11) is 0. The van der Waals surface area contributed by atoms with Crippen molar-refractivity contribution in [3.8, 4) is 0 Å². The Kier molecular flexibility index (Phi) is 163. The van der Waals surface area contributed by atoms with E-state index in [0.29, 0.717) is 0 Å². The third kappa shape index (κ3) is 86.7. The van der Waals surface area contributed by atoms with Crippen molar-refractivity contribution >= 4 is 0 Å². The summed E-state index contributed by atoms with van der Waals surface area (Å²) < 4.78 is 5.13. The van der Waals surface area contributed by atoms with E-state index in [0.717, 1.165) is 38.9 Å². The second-order valence-corrected chi connectivity index (χ2v) is 5.83. The standard InChI is InChI=1S/C9H11.C6H14O.C6H13.C3H7.5CH4.3Y/c1-2-6-9-7-4-3-5-8-9;1-3-5-7-6-4-2;1-3-5-6-4-2;1-3-2;;;;;;;;/h4-5,7-8H,2,6H2,1H3;3-6H2,1-2H3;1,3-6H2,2H3;1,3H2,2H3;5*1H4;;;/q-1;;2*-1;;;;;;;;. The Labute approximate surface area is 291 Å². The van der Waals surface area contributed by atoms with Crippen molar-refractivity contribution in [1.29, 1.82) is 0 Å². The Morgan fingerprint density at radius 3 is 1.30 bits per heavy atom. The Hall–Kier alpha value is 2.49. The van der Waals surface area contributed by atoms with Gasteiger partial charge >= 0.3 is 0 Å². The van der Waals surface area contributed by atoms with Crippen LogP contribution in [0, 0.1) is 19.9 Å². The number of benzene rings is 1. The van der Waals surface area contributed by atoms with E-state index in [1.54, 1.807) is 0 Å². The van der Waals surface area contributed by atoms with E-state index in [4.69, 9.17) is 4.74 Å². The Bertz CT molecular complexity index is 288. The number of rotatable bonds is 9. The van der Waals surface area contributed by atoms with Crippen LogP contribution in [-0.2, 0) is 109 Å². The molecule has 1 aromatic carbocycles. The van der Waals surface area contributed by atoms with Gasteiger partial charge in [0.2, 0.25) is 0 Å². The van der Waals surface area contributed by atoms with Gasteiger partial charge in [0, 0.05) is 111 Å². The van der Waals surface area contributed by atoms with Gasteiger partial charge < -0.3 is 18.6 Å². The van der Waals surface area contributed by atoms with E-state index in [1.165, 1.54) is 37.7 Å². The van der Waals surface area contributed by atoms with Crippen molar-refractivity contribution in [1.82, 2.24) is 0 Å². The molecule has 0 aliphatic heterocycles. The smallest absolute Gasteiger partial charge is 0.0463 e. The van der Waals surface area contributed by atoms with E-state index in [2.05, 4.69) is 59.7 Å². The summed E-state index contributed by atoms with van der Waals surface area (Å²) in [5.74, 6) is 0. The van der Waals surface area contributed by atoms with E-state index in [9.17, 15) is 0 Å². The fourth-order valence-corrected chi connectivity index (χ4v) is 1.69. The molecule has 0 bridgehead atoms. The zero-order chi connectivity index (χ0) is 19.6. The van der Waals surface area contributed by atoms with Crippen molar-refractivity contribution < 1.29 is 103 Å². The quantitative estimate of drug-likeness (QED) is 0.185. The average molecular weight is 697 g/mol. The third-order valence-corrected chi connectivity index (χ3v) is 2.88. The van der Waals surface area contributed by atoms with Gasteiger partial charge in [0.1, 0.15) is 0 Å². The predicted molar refractivity (Wildman–Crippen MR) is 149 cm³/mol. The van der Waals surface area contributed by atoms with Gasteiger partial charge in [-0.2, -0.15) is 48.7 Å². The normalized spacial score (nSPS) is 6.76. The minimum absolute atomic E-state index is 0. The van der Waals surface area contributed by atoms with Crippen molar-refractivity contribution in [2.45, 2.75) is 130 Å². The van der Waals surface area contributed by atoms with Crippen LogP contribution in [0.15, 0.2) is 24.3 Å². The van der Waals surface area contributed by atoms with Gasteiger partial charge in [-0.15, -0.1) is 0 Å². The molecule has 0 heterocycles. The molecule has 0 aromatic heterocycles. The van der Waals surface area contributed by atoms with Gasteiger partial charge in [0.05, 0.1) is 0 Å². The van der Waals surface area contributed by atoms with Gasteiger partial charge in [-0.25, -0.2) is 0 Å². The van der Waals surface area contributed by atoms with Gasteiger partial charge in [-0.3, -0.25) is 0 Å². The molecule has 1 nitrogen and oxygen atoms in total. The van der Waals surface area contributed by atoms with E-state index < -0.39 is 0 Å². The van der Waals surface area contributed by atoms with Gasteiger partial charge in [0.15, 0.2) is 0 Å². The van der Waals surface area contributed by atoms with Crippen LogP contribution >= 0.6 is 0 Å². The van der Waals surface area contributed by atoms with Crippen molar-refractivity contribution in [3.05, 3.63) is 49.7 Å². The monoisotopic (exact) mass is 696 g/mol. The molecule has 0 aliphatic carbocycles. The molecule has 3 radical (unpaired) electrons. The zero-order valence-electron chi connectivity index (χ0n) is 19.6. The van der Waals surface area contributed by atoms with Crippen LogP contribution in [0.25, 0.3) is 0 Å². The minimum atomic E-state index is 0. The van der Waals surface area contributed by atoms with E-state index >= 15 is 0 Å². The topological polar surface area (TPSA) is 9.23 Å². The summed E-state index contributed by atoms with van der Waals surface area (Å²) >= 11 is 0. The fourth-order valence-electron chi connectivity index (χ4n) is 1.69. The van der Waals surface area contributed by atoms with E-state index in [-0.39, 0.29) is 135 Å². The SMILES string of the molecule is C.C.C.C.C.CCCOCCC.CCCc1cc[c-]cc1.[CH2-]CC.[CH2-]CCCCC.[Y].[Y].[Y]. The summed E-state index contributed by atoms with van der Waals surface area (Å²) in [5.41, 5.74) is 1.41. The summed E-state index contributed by atoms with van der Waals surface area (Å²) in [5, 5.41) is 0. The van der Waals surface area contributed by atoms with Gasteiger partial charge in [-0.1, -0.05) is 104 Å². The molecular weight excluding hydrogens is 631 g/mol. The van der Waals surface area contributed by atoms with Crippen LogP contribution in [-0.4, -0.2) is 13.2 Å². The molecule has 0 N–H and O–H groups in total. The molecule has 0 saturated heterocycles. The zero-order valence-corrected chi connectivity index (χ0v) is 28.2. The first-order valence-electron chi connectivity index (χ1n) is 10.3. The second-order valence-electron chi connectivity index (χ2n) is 5.83. The predicted octanol–water partition coefficient (Wildman–Crippen LogP) is 11.1. The van der Waals surface area contributed by atoms with Crippen LogP contribution in [0.1, 0.15) is 129 Å². The molecule has 199 valence electrons. The molecule has 0 unspecified atom stereocenters. The first-order valence-corrected chi connectivity index (χ1v) is 10.3. The number of ether oxygens (including phenoxy) is 1. The maximum atomic E-state index is 5.13. The molecule has 0 saturated carbocycles. The summed E-state index contributed by atoms with van der Waals surface area (Å²) in [6.45, 7) is 19.7. The van der Waals surface area contributed by atoms with Crippen LogP contribution < -0.4 is 0 Å². The molecule has 1 rings (SSSR count). The van der Waals surface area contributed by atoms with Crippen LogP contribution in [0.4, 0.5) is 0 Å². The molecular formula is C29H65OY3-3. The number of hydrogen-bond acceptors (Lipinski definition) is 1. The molecule has 0 amide bonds. The van der Waals surface area contributed by atoms with Crippen LogP contribution in [0.3, 0.4) is 0 Å². The minimum Gasteiger partial charge on any atom is -0.381 e. The number of hydrogen-bond donors (Lipinski definition) is 0. The van der Waals surface area contributed by atoms with Crippen molar-refractivity contribution in [2.24, 2.45) is 0 Å². The maximum Gasteiger partial charge on any atom is 0.0463 e. The average Bonchev–Trinajstić information content (AvgIpc) is 2.63. The Morgan fingerprint density at radius 1 is 0.667 bits per heavy atom. The maximum absolute atomic E-state index is 5.13. The summed E-state index contributed by atoms with van der Waals surface area (Å²) in [6.07, 6.45) is 10.8. The molecule has 0 aliphatic rings. The van der Waals surface area contributed by atoms with Gasteiger partial charge in [0.25, 0.3) is 0 Å². The third-order valence-electron chi connectivity index (χ3n) is 2.88. The first kappa shape index (κ1) is 70.4. The fraction of sp³-hybridized carbons (Fsp3) is 0.724. The molecule has 0 spiro atoms. The Morgan fingerprint density at radius 2 is 1.06 bits per heavy atom. The van der Waals surface area contributed by atoms with Crippen molar-refractivity contribution in [2.75, 3.05) is 13.2 Å². The molecule has 0 fully saturated rings. The first-order chi connectivity index (χ1) is 12.2. The largest absolute Gasteiger partial charge is 0.381 e. The summed E-state index contributed by atoms with van der Waals surface area (Å²) in [6, 6.07) is 11.1. The van der Waals surface area contributed by atoms with Gasteiger partial charge in [-0.05, 0) is 12.8 Å². The second kappa shape index (κ2) is 76.5. The van der Waals surface area contributed by atoms with Crippen LogP contribution in [0.5, 0.6) is 0 Å². The molecule has 4 heteroatoms. The summed E-state index contributed by atoms with van der Waals surface area (Å²) in [4.78, 5) is 0. The molecule has 1 aromatic rings. The number of unbranched alkanes of at least 4 members (excludes halogenated alkanes) is 3. The Balaban J connectivity index is -0.0000000210.